The molecule has 0 amide bonds. The molecule has 0 aromatic heterocycles. The Bertz CT molecular complexity index is 519. The highest BCUT2D eigenvalue weighted by molar-refractivity contribution is 7.99. The monoisotopic (exact) mass is 510 g/mol. The Hall–Kier alpha value is -0.0700. The average molecular weight is 511 g/mol. The van der Waals surface area contributed by atoms with Gasteiger partial charge in [0.1, 0.15) is 0 Å². The topological polar surface area (TPSA) is 93.1 Å². The maximum atomic E-state index is 12.7. The Morgan fingerprint density at radius 1 is 0.848 bits per heavy atom. The van der Waals surface area contributed by atoms with E-state index in [-0.39, 0.29) is 11.9 Å². The lowest BCUT2D eigenvalue weighted by Crippen LogP contribution is -2.30. The van der Waals surface area contributed by atoms with E-state index in [2.05, 4.69) is 13.8 Å². The standard InChI is InChI=1S/C25H51O6PS/c1-5-8-10-12-13-14-16-18-21-33-23(19-17-15-11-9-6-2)22(4)31-32(28,29)25(24(26)27)30-20-7-3/h22-23,25H,5-21H2,1-4H3,(H,26,27)(H,28,29). The summed E-state index contributed by atoms with van der Waals surface area (Å²) in [7, 11) is -4.45. The second-order valence-electron chi connectivity index (χ2n) is 9.02. The van der Waals surface area contributed by atoms with Crippen LogP contribution in [0, 0.1) is 0 Å². The molecule has 0 radical (unpaired) electrons. The Labute approximate surface area is 207 Å². The molecule has 0 aromatic carbocycles. The molecule has 0 aliphatic heterocycles. The number of thioether (sulfide) groups is 1. The van der Waals surface area contributed by atoms with Crippen molar-refractivity contribution in [1.82, 2.24) is 0 Å². The summed E-state index contributed by atoms with van der Waals surface area (Å²) >= 11 is 1.80. The molecular formula is C25H51O6PS. The van der Waals surface area contributed by atoms with Crippen molar-refractivity contribution >= 4 is 25.3 Å². The number of aliphatic carboxylic acids is 1. The summed E-state index contributed by atoms with van der Waals surface area (Å²) in [5.41, 5.74) is 0. The fourth-order valence-corrected chi connectivity index (χ4v) is 6.49. The number of carbonyl (C=O) groups is 1. The van der Waals surface area contributed by atoms with E-state index in [0.717, 1.165) is 31.4 Å². The summed E-state index contributed by atoms with van der Waals surface area (Å²) in [6.07, 6.45) is 16.9. The first-order valence-electron chi connectivity index (χ1n) is 13.3. The molecule has 0 spiro atoms. The predicted molar refractivity (Wildman–Crippen MR) is 140 cm³/mol. The minimum atomic E-state index is -4.45. The number of ether oxygens (including phenoxy) is 1. The molecule has 0 saturated heterocycles. The zero-order chi connectivity index (χ0) is 25.0. The van der Waals surface area contributed by atoms with E-state index in [1.165, 1.54) is 64.2 Å². The number of carboxylic acid groups (broad SMARTS) is 1. The molecule has 4 unspecified atom stereocenters. The van der Waals surface area contributed by atoms with Gasteiger partial charge in [0.15, 0.2) is 0 Å². The van der Waals surface area contributed by atoms with Crippen LogP contribution in [-0.4, -0.2) is 45.5 Å². The Balaban J connectivity index is 4.70. The third-order valence-electron chi connectivity index (χ3n) is 5.75. The summed E-state index contributed by atoms with van der Waals surface area (Å²) in [6.45, 7) is 8.14. The van der Waals surface area contributed by atoms with Gasteiger partial charge in [0.25, 0.3) is 5.85 Å². The maximum Gasteiger partial charge on any atom is 0.368 e. The minimum absolute atomic E-state index is 0.0669. The van der Waals surface area contributed by atoms with Gasteiger partial charge in [-0.2, -0.15) is 11.8 Å². The smallest absolute Gasteiger partial charge is 0.368 e. The van der Waals surface area contributed by atoms with E-state index < -0.39 is 25.5 Å². The van der Waals surface area contributed by atoms with E-state index >= 15 is 0 Å². The second-order valence-corrected chi connectivity index (χ2v) is 12.2. The molecule has 0 fully saturated rings. The molecule has 33 heavy (non-hydrogen) atoms. The lowest BCUT2D eigenvalue weighted by molar-refractivity contribution is -0.146. The highest BCUT2D eigenvalue weighted by Gasteiger charge is 2.42. The summed E-state index contributed by atoms with van der Waals surface area (Å²) in [5.74, 6) is -2.29. The van der Waals surface area contributed by atoms with Crippen LogP contribution in [0.15, 0.2) is 0 Å². The van der Waals surface area contributed by atoms with Crippen LogP contribution in [0.2, 0.25) is 0 Å². The van der Waals surface area contributed by atoms with Crippen molar-refractivity contribution in [2.24, 2.45) is 0 Å². The average Bonchev–Trinajstić information content (AvgIpc) is 2.75. The second kappa shape index (κ2) is 21.2. The Morgan fingerprint density at radius 2 is 1.36 bits per heavy atom. The number of unbranched alkanes of at least 4 members (excludes halogenated alkanes) is 11. The van der Waals surface area contributed by atoms with Gasteiger partial charge < -0.3 is 19.3 Å². The van der Waals surface area contributed by atoms with E-state index in [0.29, 0.717) is 6.42 Å². The summed E-state index contributed by atoms with van der Waals surface area (Å²) < 4.78 is 23.4. The molecule has 0 aromatic rings. The van der Waals surface area contributed by atoms with E-state index in [1.54, 1.807) is 18.7 Å². The zero-order valence-corrected chi connectivity index (χ0v) is 23.3. The number of hydrogen-bond donors (Lipinski definition) is 2. The SMILES string of the molecule is CCCCCCCCCCSC(CCCCCCC)C(C)OP(=O)(O)C(OCCC)C(=O)O. The van der Waals surface area contributed by atoms with Crippen LogP contribution in [0.25, 0.3) is 0 Å². The first-order chi connectivity index (χ1) is 15.8. The van der Waals surface area contributed by atoms with Crippen LogP contribution < -0.4 is 0 Å². The van der Waals surface area contributed by atoms with Crippen molar-refractivity contribution in [2.75, 3.05) is 12.4 Å². The fourth-order valence-electron chi connectivity index (χ4n) is 3.77. The fraction of sp³-hybridized carbons (Fsp3) is 0.960. The van der Waals surface area contributed by atoms with Crippen LogP contribution >= 0.6 is 19.4 Å². The Morgan fingerprint density at radius 3 is 1.88 bits per heavy atom. The number of carboxylic acids is 1. The molecule has 0 heterocycles. The number of rotatable bonds is 24. The molecule has 198 valence electrons. The van der Waals surface area contributed by atoms with Crippen molar-refractivity contribution in [2.45, 2.75) is 141 Å². The van der Waals surface area contributed by atoms with E-state index in [1.807, 2.05) is 6.92 Å². The van der Waals surface area contributed by atoms with Gasteiger partial charge in [-0.3, -0.25) is 4.57 Å². The molecule has 2 N–H and O–H groups in total. The lowest BCUT2D eigenvalue weighted by atomic mass is 10.1. The van der Waals surface area contributed by atoms with Gasteiger partial charge in [-0.25, -0.2) is 4.79 Å². The van der Waals surface area contributed by atoms with Crippen LogP contribution in [0.3, 0.4) is 0 Å². The molecule has 0 aliphatic carbocycles. The van der Waals surface area contributed by atoms with Gasteiger partial charge in [-0.15, -0.1) is 0 Å². The lowest BCUT2D eigenvalue weighted by Gasteiger charge is -2.28. The highest BCUT2D eigenvalue weighted by atomic mass is 32.2. The Kier molecular flexibility index (Phi) is 21.2. The van der Waals surface area contributed by atoms with Gasteiger partial charge in [0.05, 0.1) is 6.10 Å². The summed E-state index contributed by atoms with van der Waals surface area (Å²) in [6, 6.07) is 0. The first kappa shape index (κ1) is 32.9. The van der Waals surface area contributed by atoms with Crippen LogP contribution in [0.5, 0.6) is 0 Å². The van der Waals surface area contributed by atoms with Gasteiger partial charge in [0, 0.05) is 11.9 Å². The minimum Gasteiger partial charge on any atom is -0.479 e. The molecule has 0 aliphatic rings. The zero-order valence-electron chi connectivity index (χ0n) is 21.6. The van der Waals surface area contributed by atoms with Crippen molar-refractivity contribution in [1.29, 1.82) is 0 Å². The summed E-state index contributed by atoms with van der Waals surface area (Å²) in [4.78, 5) is 21.9. The van der Waals surface area contributed by atoms with Crippen molar-refractivity contribution < 1.29 is 28.6 Å². The molecule has 8 heteroatoms. The normalized spacial score (nSPS) is 16.3. The first-order valence-corrected chi connectivity index (χ1v) is 16.0. The van der Waals surface area contributed by atoms with Gasteiger partial charge in [-0.1, -0.05) is 97.8 Å². The third kappa shape index (κ3) is 17.1. The molecule has 6 nitrogen and oxygen atoms in total. The van der Waals surface area contributed by atoms with Crippen LogP contribution in [-0.2, 0) is 18.6 Å². The molecular weight excluding hydrogens is 459 g/mol. The molecule has 4 atom stereocenters. The maximum absolute atomic E-state index is 12.7. The van der Waals surface area contributed by atoms with E-state index in [9.17, 15) is 19.4 Å². The molecule has 0 bridgehead atoms. The van der Waals surface area contributed by atoms with E-state index in [4.69, 9.17) is 9.26 Å². The predicted octanol–water partition coefficient (Wildman–Crippen LogP) is 8.02. The quantitative estimate of drug-likeness (QED) is 0.100. The van der Waals surface area contributed by atoms with Gasteiger partial charge >= 0.3 is 13.6 Å². The largest absolute Gasteiger partial charge is 0.479 e. The van der Waals surface area contributed by atoms with Gasteiger partial charge in [0.2, 0.25) is 0 Å². The molecule has 0 rings (SSSR count). The number of hydrogen-bond acceptors (Lipinski definition) is 5. The van der Waals surface area contributed by atoms with Crippen LogP contribution in [0.1, 0.15) is 124 Å². The van der Waals surface area contributed by atoms with Crippen molar-refractivity contribution in [3.8, 4) is 0 Å². The van der Waals surface area contributed by atoms with Crippen molar-refractivity contribution in [3.05, 3.63) is 0 Å². The molecule has 0 saturated carbocycles. The van der Waals surface area contributed by atoms with Gasteiger partial charge in [-0.05, 0) is 31.9 Å². The highest BCUT2D eigenvalue weighted by Crippen LogP contribution is 2.50. The third-order valence-corrected chi connectivity index (χ3v) is 8.92. The van der Waals surface area contributed by atoms with Crippen LogP contribution in [0.4, 0.5) is 0 Å². The van der Waals surface area contributed by atoms with Crippen molar-refractivity contribution in [3.63, 3.8) is 0 Å². The summed E-state index contributed by atoms with van der Waals surface area (Å²) in [5, 5.41) is 9.43.